The molecule has 1 amide bonds. The van der Waals surface area contributed by atoms with Crippen molar-refractivity contribution < 1.29 is 9.53 Å². The van der Waals surface area contributed by atoms with E-state index < -0.39 is 0 Å². The Balaban J connectivity index is 1.84. The third-order valence-corrected chi connectivity index (χ3v) is 2.90. The molecular formula is C18H19N3O2. The van der Waals surface area contributed by atoms with Gasteiger partial charge in [-0.2, -0.15) is 5.10 Å². The van der Waals surface area contributed by atoms with Gasteiger partial charge in [0.2, 0.25) is 0 Å². The first-order chi connectivity index (χ1) is 11.3. The van der Waals surface area contributed by atoms with Gasteiger partial charge in [-0.25, -0.2) is 5.43 Å². The number of nitrogens with one attached hydrogen (secondary N) is 2. The number of hydrogen-bond donors (Lipinski definition) is 2. The molecule has 0 fully saturated rings. The zero-order valence-electron chi connectivity index (χ0n) is 12.7. The summed E-state index contributed by atoms with van der Waals surface area (Å²) in [6, 6.07) is 16.9. The average Bonchev–Trinajstić information content (AvgIpc) is 2.60. The lowest BCUT2D eigenvalue weighted by Crippen LogP contribution is -2.25. The SMILES string of the molecule is C=CCOc1ccccc1/C=N\NC(=O)CNc1ccccc1. The molecule has 0 aromatic heterocycles. The van der Waals surface area contributed by atoms with Crippen LogP contribution in [0.15, 0.2) is 72.4 Å². The molecule has 2 aromatic rings. The number of nitrogens with zero attached hydrogens (tertiary/aromatic N) is 1. The van der Waals surface area contributed by atoms with Gasteiger partial charge < -0.3 is 10.1 Å². The summed E-state index contributed by atoms with van der Waals surface area (Å²) in [6.07, 6.45) is 3.23. The van der Waals surface area contributed by atoms with Crippen LogP contribution in [-0.4, -0.2) is 25.3 Å². The summed E-state index contributed by atoms with van der Waals surface area (Å²) in [5.41, 5.74) is 4.14. The zero-order chi connectivity index (χ0) is 16.3. The highest BCUT2D eigenvalue weighted by Gasteiger charge is 2.01. The fourth-order valence-electron chi connectivity index (χ4n) is 1.82. The van der Waals surface area contributed by atoms with E-state index in [1.54, 1.807) is 12.3 Å². The van der Waals surface area contributed by atoms with Crippen LogP contribution in [0.4, 0.5) is 5.69 Å². The van der Waals surface area contributed by atoms with Crippen LogP contribution in [0.25, 0.3) is 0 Å². The van der Waals surface area contributed by atoms with E-state index in [0.717, 1.165) is 11.3 Å². The second-order valence-corrected chi connectivity index (χ2v) is 4.65. The van der Waals surface area contributed by atoms with Crippen molar-refractivity contribution >= 4 is 17.8 Å². The van der Waals surface area contributed by atoms with E-state index in [-0.39, 0.29) is 12.5 Å². The van der Waals surface area contributed by atoms with Crippen LogP contribution in [0.3, 0.4) is 0 Å². The van der Waals surface area contributed by atoms with E-state index in [1.807, 2.05) is 54.6 Å². The number of rotatable bonds is 8. The van der Waals surface area contributed by atoms with Crippen LogP contribution in [0, 0.1) is 0 Å². The third-order valence-electron chi connectivity index (χ3n) is 2.90. The molecule has 5 nitrogen and oxygen atoms in total. The molecule has 0 saturated carbocycles. The predicted molar refractivity (Wildman–Crippen MR) is 92.8 cm³/mol. The van der Waals surface area contributed by atoms with Crippen LogP contribution in [0.2, 0.25) is 0 Å². The molecule has 0 aliphatic heterocycles. The Bertz CT molecular complexity index is 669. The predicted octanol–water partition coefficient (Wildman–Crippen LogP) is 2.81. The number of carbonyl (C=O) groups excluding carboxylic acids is 1. The highest BCUT2D eigenvalue weighted by molar-refractivity contribution is 5.86. The third kappa shape index (κ3) is 5.67. The second-order valence-electron chi connectivity index (χ2n) is 4.65. The first-order valence-corrected chi connectivity index (χ1v) is 7.23. The normalized spacial score (nSPS) is 10.3. The number of para-hydroxylation sites is 2. The Kier molecular flexibility index (Phi) is 6.41. The molecule has 0 unspecified atom stereocenters. The molecule has 0 atom stereocenters. The van der Waals surface area contributed by atoms with Crippen molar-refractivity contribution in [2.24, 2.45) is 5.10 Å². The van der Waals surface area contributed by atoms with E-state index in [1.165, 1.54) is 0 Å². The summed E-state index contributed by atoms with van der Waals surface area (Å²) in [5.74, 6) is 0.461. The van der Waals surface area contributed by atoms with Crippen molar-refractivity contribution in [1.29, 1.82) is 0 Å². The average molecular weight is 309 g/mol. The summed E-state index contributed by atoms with van der Waals surface area (Å²) < 4.78 is 5.51. The molecule has 0 saturated heterocycles. The largest absolute Gasteiger partial charge is 0.489 e. The molecular weight excluding hydrogens is 290 g/mol. The first kappa shape index (κ1) is 16.3. The lowest BCUT2D eigenvalue weighted by molar-refractivity contribution is -0.119. The van der Waals surface area contributed by atoms with Gasteiger partial charge >= 0.3 is 0 Å². The molecule has 0 heterocycles. The molecule has 0 spiro atoms. The number of carbonyl (C=O) groups is 1. The highest BCUT2D eigenvalue weighted by Crippen LogP contribution is 2.15. The minimum atomic E-state index is -0.227. The fourth-order valence-corrected chi connectivity index (χ4v) is 1.82. The zero-order valence-corrected chi connectivity index (χ0v) is 12.7. The Labute approximate surface area is 135 Å². The summed E-state index contributed by atoms with van der Waals surface area (Å²) >= 11 is 0. The van der Waals surface area contributed by atoms with Crippen LogP contribution >= 0.6 is 0 Å². The van der Waals surface area contributed by atoms with Gasteiger partial charge in [-0.05, 0) is 24.3 Å². The van der Waals surface area contributed by atoms with E-state index >= 15 is 0 Å². The van der Waals surface area contributed by atoms with E-state index in [0.29, 0.717) is 12.4 Å². The summed E-state index contributed by atoms with van der Waals surface area (Å²) in [4.78, 5) is 11.7. The lowest BCUT2D eigenvalue weighted by Gasteiger charge is -2.06. The number of benzene rings is 2. The fraction of sp³-hybridized carbons (Fsp3) is 0.111. The summed E-state index contributed by atoms with van der Waals surface area (Å²) in [5, 5.41) is 6.96. The van der Waals surface area contributed by atoms with Crippen LogP contribution in [0.5, 0.6) is 5.75 Å². The van der Waals surface area contributed by atoms with Gasteiger partial charge in [0.15, 0.2) is 0 Å². The Morgan fingerprint density at radius 3 is 2.65 bits per heavy atom. The maximum absolute atomic E-state index is 11.7. The molecule has 0 bridgehead atoms. The quantitative estimate of drug-likeness (QED) is 0.448. The minimum absolute atomic E-state index is 0.149. The number of ether oxygens (including phenoxy) is 1. The Morgan fingerprint density at radius 2 is 1.87 bits per heavy atom. The number of anilines is 1. The second kappa shape index (κ2) is 9.04. The molecule has 0 aliphatic carbocycles. The summed E-state index contributed by atoms with van der Waals surface area (Å²) in [6.45, 7) is 4.18. The van der Waals surface area contributed by atoms with E-state index in [4.69, 9.17) is 4.74 Å². The van der Waals surface area contributed by atoms with Crippen molar-refractivity contribution in [1.82, 2.24) is 5.43 Å². The van der Waals surface area contributed by atoms with Gasteiger partial charge in [0.05, 0.1) is 12.8 Å². The first-order valence-electron chi connectivity index (χ1n) is 7.23. The van der Waals surface area contributed by atoms with Crippen LogP contribution < -0.4 is 15.5 Å². The highest BCUT2D eigenvalue weighted by atomic mass is 16.5. The van der Waals surface area contributed by atoms with Crippen molar-refractivity contribution in [2.75, 3.05) is 18.5 Å². The standard InChI is InChI=1S/C18H19N3O2/c1-2-12-23-17-11-7-6-8-15(17)13-20-21-18(22)14-19-16-9-4-3-5-10-16/h2-11,13,19H,1,12,14H2,(H,21,22)/b20-13-. The Hall–Kier alpha value is -3.08. The topological polar surface area (TPSA) is 62.7 Å². The number of hydrazone groups is 1. The molecule has 2 rings (SSSR count). The molecule has 0 aliphatic rings. The van der Waals surface area contributed by atoms with E-state index in [2.05, 4.69) is 22.4 Å². The van der Waals surface area contributed by atoms with Crippen molar-refractivity contribution in [3.05, 3.63) is 72.8 Å². The van der Waals surface area contributed by atoms with Crippen molar-refractivity contribution in [3.8, 4) is 5.75 Å². The molecule has 0 radical (unpaired) electrons. The molecule has 2 aromatic carbocycles. The maximum Gasteiger partial charge on any atom is 0.259 e. The van der Waals surface area contributed by atoms with Crippen molar-refractivity contribution in [3.63, 3.8) is 0 Å². The van der Waals surface area contributed by atoms with Gasteiger partial charge in [0.25, 0.3) is 5.91 Å². The minimum Gasteiger partial charge on any atom is -0.489 e. The van der Waals surface area contributed by atoms with E-state index in [9.17, 15) is 4.79 Å². The molecule has 5 heteroatoms. The smallest absolute Gasteiger partial charge is 0.259 e. The molecule has 2 N–H and O–H groups in total. The Morgan fingerprint density at radius 1 is 1.13 bits per heavy atom. The number of amides is 1. The number of hydrogen-bond acceptors (Lipinski definition) is 4. The lowest BCUT2D eigenvalue weighted by atomic mass is 10.2. The van der Waals surface area contributed by atoms with Crippen LogP contribution in [-0.2, 0) is 4.79 Å². The molecule has 118 valence electrons. The monoisotopic (exact) mass is 309 g/mol. The van der Waals surface area contributed by atoms with Gasteiger partial charge in [0.1, 0.15) is 12.4 Å². The van der Waals surface area contributed by atoms with Crippen LogP contribution in [0.1, 0.15) is 5.56 Å². The van der Waals surface area contributed by atoms with Gasteiger partial charge in [-0.1, -0.05) is 43.0 Å². The summed E-state index contributed by atoms with van der Waals surface area (Å²) in [7, 11) is 0. The van der Waals surface area contributed by atoms with Gasteiger partial charge in [0, 0.05) is 11.3 Å². The van der Waals surface area contributed by atoms with Gasteiger partial charge in [-0.3, -0.25) is 4.79 Å². The van der Waals surface area contributed by atoms with Gasteiger partial charge in [-0.15, -0.1) is 0 Å². The maximum atomic E-state index is 11.7. The van der Waals surface area contributed by atoms with Crippen molar-refractivity contribution in [2.45, 2.75) is 0 Å². The molecule has 23 heavy (non-hydrogen) atoms.